The quantitative estimate of drug-likeness (QED) is 0.450. The lowest BCUT2D eigenvalue weighted by Gasteiger charge is -2.13. The maximum Gasteiger partial charge on any atom is 0.347 e. The molecule has 0 aliphatic carbocycles. The van der Waals surface area contributed by atoms with Gasteiger partial charge in [0.1, 0.15) is 11.3 Å². The number of fused-ring (bicyclic) bond motifs is 1. The van der Waals surface area contributed by atoms with Gasteiger partial charge in [-0.25, -0.2) is 9.59 Å². The third-order valence-electron chi connectivity index (χ3n) is 3.79. The third-order valence-corrected chi connectivity index (χ3v) is 4.32. The second kappa shape index (κ2) is 7.74. The molecule has 0 N–H and O–H groups in total. The molecule has 0 saturated heterocycles. The minimum atomic E-state index is -0.749. The molecule has 0 amide bonds. The summed E-state index contributed by atoms with van der Waals surface area (Å²) >= 11 is 3.38. The van der Waals surface area contributed by atoms with E-state index >= 15 is 0 Å². The number of hydrogen-bond acceptors (Lipinski definition) is 5. The van der Waals surface area contributed by atoms with E-state index in [0.717, 1.165) is 15.4 Å². The number of benzene rings is 2. The van der Waals surface area contributed by atoms with Crippen molar-refractivity contribution < 1.29 is 18.7 Å². The maximum absolute atomic E-state index is 12.4. The van der Waals surface area contributed by atoms with Crippen molar-refractivity contribution >= 4 is 32.9 Å². The predicted octanol–water partition coefficient (Wildman–Crippen LogP) is 4.55. The fraction of sp³-hybridized carbons (Fsp3) is 0.200. The van der Waals surface area contributed by atoms with Crippen molar-refractivity contribution in [2.24, 2.45) is 0 Å². The van der Waals surface area contributed by atoms with Crippen LogP contribution in [0.4, 0.5) is 0 Å². The zero-order valence-electron chi connectivity index (χ0n) is 14.3. The molecule has 3 rings (SSSR count). The molecule has 0 aliphatic rings. The monoisotopic (exact) mass is 416 g/mol. The van der Waals surface area contributed by atoms with E-state index < -0.39 is 17.7 Å². The van der Waals surface area contributed by atoms with Crippen LogP contribution in [0.3, 0.4) is 0 Å². The highest BCUT2D eigenvalue weighted by Crippen LogP contribution is 2.26. The van der Waals surface area contributed by atoms with Gasteiger partial charge in [0, 0.05) is 15.9 Å². The Morgan fingerprint density at radius 1 is 1.15 bits per heavy atom. The van der Waals surface area contributed by atoms with Crippen molar-refractivity contribution in [2.45, 2.75) is 20.0 Å². The summed E-state index contributed by atoms with van der Waals surface area (Å²) in [5.41, 5.74) is 1.22. The minimum Gasteiger partial charge on any atom is -0.479 e. The van der Waals surface area contributed by atoms with Crippen LogP contribution >= 0.6 is 15.9 Å². The Bertz CT molecular complexity index is 991. The molecule has 3 aromatic rings. The molecule has 1 atom stereocenters. The van der Waals surface area contributed by atoms with Gasteiger partial charge in [-0.05, 0) is 49.7 Å². The van der Waals surface area contributed by atoms with Gasteiger partial charge in [-0.3, -0.25) is 0 Å². The van der Waals surface area contributed by atoms with Crippen LogP contribution in [-0.4, -0.2) is 18.7 Å². The Labute approximate surface area is 158 Å². The van der Waals surface area contributed by atoms with Gasteiger partial charge in [0.05, 0.1) is 12.2 Å². The molecule has 0 radical (unpaired) electrons. The lowest BCUT2D eigenvalue weighted by molar-refractivity contribution is -0.150. The predicted molar refractivity (Wildman–Crippen MR) is 102 cm³/mol. The molecule has 0 bridgehead atoms. The van der Waals surface area contributed by atoms with Crippen LogP contribution in [0.5, 0.6) is 5.75 Å². The first-order chi connectivity index (χ1) is 12.5. The average molecular weight is 417 g/mol. The summed E-state index contributed by atoms with van der Waals surface area (Å²) in [6, 6.07) is 14.3. The summed E-state index contributed by atoms with van der Waals surface area (Å²) in [6.45, 7) is 3.63. The van der Waals surface area contributed by atoms with Gasteiger partial charge in [0.15, 0.2) is 6.10 Å². The number of carbonyl (C=O) groups is 1. The van der Waals surface area contributed by atoms with Crippen molar-refractivity contribution in [2.75, 3.05) is 6.61 Å². The molecule has 0 saturated carbocycles. The SMILES string of the molecule is CCOC(=O)C(C)Oc1ccc2cc(-c3ccc(Br)cc3)c(=O)oc2c1. The fourth-order valence-electron chi connectivity index (χ4n) is 2.51. The molecule has 6 heteroatoms. The number of carbonyl (C=O) groups excluding carboxylic acids is 1. The first-order valence-electron chi connectivity index (χ1n) is 8.15. The molecular formula is C20H17BrO5. The summed E-state index contributed by atoms with van der Waals surface area (Å²) in [6.07, 6.45) is -0.749. The van der Waals surface area contributed by atoms with Gasteiger partial charge >= 0.3 is 11.6 Å². The van der Waals surface area contributed by atoms with E-state index in [2.05, 4.69) is 15.9 Å². The number of halogens is 1. The zero-order chi connectivity index (χ0) is 18.7. The molecule has 1 unspecified atom stereocenters. The third kappa shape index (κ3) is 3.96. The van der Waals surface area contributed by atoms with Gasteiger partial charge in [-0.15, -0.1) is 0 Å². The Kier molecular flexibility index (Phi) is 5.42. The Morgan fingerprint density at radius 2 is 1.88 bits per heavy atom. The van der Waals surface area contributed by atoms with Crippen molar-refractivity contribution in [3.05, 3.63) is 63.4 Å². The molecule has 134 valence electrons. The second-order valence-electron chi connectivity index (χ2n) is 5.67. The van der Waals surface area contributed by atoms with Gasteiger partial charge in [0.2, 0.25) is 0 Å². The van der Waals surface area contributed by atoms with Crippen molar-refractivity contribution in [1.82, 2.24) is 0 Å². The fourth-order valence-corrected chi connectivity index (χ4v) is 2.77. The molecular weight excluding hydrogens is 400 g/mol. The summed E-state index contributed by atoms with van der Waals surface area (Å²) in [7, 11) is 0. The van der Waals surface area contributed by atoms with E-state index in [-0.39, 0.29) is 6.61 Å². The van der Waals surface area contributed by atoms with E-state index in [9.17, 15) is 9.59 Å². The molecule has 1 aromatic heterocycles. The van der Waals surface area contributed by atoms with Crippen LogP contribution in [0.1, 0.15) is 13.8 Å². The van der Waals surface area contributed by atoms with Crippen molar-refractivity contribution in [3.8, 4) is 16.9 Å². The highest BCUT2D eigenvalue weighted by molar-refractivity contribution is 9.10. The molecule has 0 fully saturated rings. The van der Waals surface area contributed by atoms with Gasteiger partial charge in [0.25, 0.3) is 0 Å². The molecule has 2 aromatic carbocycles. The smallest absolute Gasteiger partial charge is 0.347 e. The Hall–Kier alpha value is -2.60. The van der Waals surface area contributed by atoms with E-state index in [0.29, 0.717) is 16.9 Å². The Balaban J connectivity index is 1.92. The van der Waals surface area contributed by atoms with E-state index in [1.807, 2.05) is 24.3 Å². The van der Waals surface area contributed by atoms with Crippen LogP contribution in [0, 0.1) is 0 Å². The van der Waals surface area contributed by atoms with Crippen LogP contribution in [0.25, 0.3) is 22.1 Å². The van der Waals surface area contributed by atoms with E-state index in [1.54, 1.807) is 38.1 Å². The lowest BCUT2D eigenvalue weighted by atomic mass is 10.1. The van der Waals surface area contributed by atoms with E-state index in [1.165, 1.54) is 0 Å². The van der Waals surface area contributed by atoms with Gasteiger partial charge < -0.3 is 13.9 Å². The highest BCUT2D eigenvalue weighted by Gasteiger charge is 2.16. The largest absolute Gasteiger partial charge is 0.479 e. The zero-order valence-corrected chi connectivity index (χ0v) is 15.9. The molecule has 0 aliphatic heterocycles. The minimum absolute atomic E-state index is 0.290. The van der Waals surface area contributed by atoms with Crippen LogP contribution in [0.2, 0.25) is 0 Å². The first kappa shape index (κ1) is 18.2. The number of hydrogen-bond donors (Lipinski definition) is 0. The average Bonchev–Trinajstić information content (AvgIpc) is 2.62. The highest BCUT2D eigenvalue weighted by atomic mass is 79.9. The van der Waals surface area contributed by atoms with Gasteiger partial charge in [-0.1, -0.05) is 28.1 Å². The molecule has 5 nitrogen and oxygen atoms in total. The van der Waals surface area contributed by atoms with Gasteiger partial charge in [-0.2, -0.15) is 0 Å². The van der Waals surface area contributed by atoms with Crippen molar-refractivity contribution in [1.29, 1.82) is 0 Å². The van der Waals surface area contributed by atoms with Crippen molar-refractivity contribution in [3.63, 3.8) is 0 Å². The Morgan fingerprint density at radius 3 is 2.58 bits per heavy atom. The lowest BCUT2D eigenvalue weighted by Crippen LogP contribution is -2.26. The molecule has 0 spiro atoms. The summed E-state index contributed by atoms with van der Waals surface area (Å²) in [5.74, 6) is -0.0165. The number of ether oxygens (including phenoxy) is 2. The normalized spacial score (nSPS) is 12.0. The number of rotatable bonds is 5. The number of esters is 1. The van der Waals surface area contributed by atoms with Crippen LogP contribution in [-0.2, 0) is 9.53 Å². The topological polar surface area (TPSA) is 65.7 Å². The van der Waals surface area contributed by atoms with Crippen LogP contribution in [0.15, 0.2) is 62.2 Å². The maximum atomic E-state index is 12.4. The summed E-state index contributed by atoms with van der Waals surface area (Å²) in [4.78, 5) is 24.0. The van der Waals surface area contributed by atoms with E-state index in [4.69, 9.17) is 13.9 Å². The summed E-state index contributed by atoms with van der Waals surface area (Å²) in [5, 5.41) is 0.763. The molecule has 1 heterocycles. The molecule has 26 heavy (non-hydrogen) atoms. The van der Waals surface area contributed by atoms with Crippen LogP contribution < -0.4 is 10.4 Å². The standard InChI is InChI=1S/C20H17BrO5/c1-3-24-19(22)12(2)25-16-9-6-14-10-17(20(23)26-18(14)11-16)13-4-7-15(21)8-5-13/h4-12H,3H2,1-2H3. The summed E-state index contributed by atoms with van der Waals surface area (Å²) < 4.78 is 16.9. The first-order valence-corrected chi connectivity index (χ1v) is 8.94. The second-order valence-corrected chi connectivity index (χ2v) is 6.58.